The van der Waals surface area contributed by atoms with Gasteiger partial charge in [-0.3, -0.25) is 19.6 Å². The van der Waals surface area contributed by atoms with Crippen LogP contribution in [0.2, 0.25) is 0 Å². The van der Waals surface area contributed by atoms with Gasteiger partial charge in [0, 0.05) is 111 Å². The van der Waals surface area contributed by atoms with Crippen molar-refractivity contribution in [3.63, 3.8) is 0 Å². The average Bonchev–Trinajstić information content (AvgIpc) is 3.98. The molecule has 0 fully saturated rings. The molecule has 4 aromatic heterocycles. The van der Waals surface area contributed by atoms with Gasteiger partial charge in [-0.15, -0.1) is 0 Å². The van der Waals surface area contributed by atoms with Crippen molar-refractivity contribution in [2.45, 2.75) is 62.8 Å². The summed E-state index contributed by atoms with van der Waals surface area (Å²) in [6.45, 7) is 2.21. The van der Waals surface area contributed by atoms with Gasteiger partial charge in [0.15, 0.2) is 17.1 Å². The van der Waals surface area contributed by atoms with Crippen molar-refractivity contribution in [2.24, 2.45) is 26.2 Å². The van der Waals surface area contributed by atoms with E-state index in [1.807, 2.05) is 18.2 Å². The third kappa shape index (κ3) is 10.7. The molecule has 1 spiro atoms. The number of phenols is 2. The number of carbonyl (C=O) groups excluding carboxylic acids is 3. The van der Waals surface area contributed by atoms with Crippen LogP contribution in [0.1, 0.15) is 86.0 Å². The number of aromatic hydroxyl groups is 2. The number of aliphatic imine (C=N–C) groups is 1. The molecular weight excluding hydrogens is 1020 g/mol. The monoisotopic (exact) mass is 1070 g/mol. The Balaban J connectivity index is 0.595. The lowest BCUT2D eigenvalue weighted by atomic mass is 9.77. The molecule has 0 saturated carbocycles. The number of aromatic amines is 1. The van der Waals surface area contributed by atoms with Crippen LogP contribution in [0.5, 0.6) is 23.0 Å². The minimum absolute atomic E-state index is 0.0645. The number of hydrogen-bond donors (Lipinski definition) is 8. The zero-order valence-corrected chi connectivity index (χ0v) is 42.4. The normalized spacial score (nSPS) is 14.5. The van der Waals surface area contributed by atoms with Crippen molar-refractivity contribution in [1.82, 2.24) is 40.5 Å². The number of imidazole rings is 1. The van der Waals surface area contributed by atoms with Gasteiger partial charge in [-0.1, -0.05) is 11.3 Å². The van der Waals surface area contributed by atoms with Gasteiger partial charge >= 0.3 is 5.97 Å². The highest BCUT2D eigenvalue weighted by Gasteiger charge is 2.54. The Kier molecular flexibility index (Phi) is 14.2. The minimum atomic E-state index is -1.50. The first-order valence-corrected chi connectivity index (χ1v) is 25.9. The summed E-state index contributed by atoms with van der Waals surface area (Å²) in [4.78, 5) is 70.6. The van der Waals surface area contributed by atoms with Gasteiger partial charge in [0.1, 0.15) is 51.3 Å². The molecule has 396 valence electrons. The first kappa shape index (κ1) is 50.8. The summed E-state index contributed by atoms with van der Waals surface area (Å²) in [7, 11) is 0. The molecule has 2 amide bonds. The molecule has 78 heavy (non-hydrogen) atoms. The van der Waals surface area contributed by atoms with Gasteiger partial charge in [0.2, 0.25) is 5.91 Å². The third-order valence-electron chi connectivity index (χ3n) is 13.5. The maximum Gasteiger partial charge on any atom is 0.340 e. The number of aromatic nitrogens is 6. The van der Waals surface area contributed by atoms with E-state index in [2.05, 4.69) is 61.5 Å². The highest BCUT2D eigenvalue weighted by molar-refractivity contribution is 7.18. The molecule has 0 atom stereocenters. The minimum Gasteiger partial charge on any atom is -0.508 e. The third-order valence-corrected chi connectivity index (χ3v) is 14.5. The summed E-state index contributed by atoms with van der Waals surface area (Å²) >= 11 is 1.49. The van der Waals surface area contributed by atoms with Crippen molar-refractivity contribution in [3.05, 3.63) is 148 Å². The Hall–Kier alpha value is -9.29. The predicted octanol–water partition coefficient (Wildman–Crippen LogP) is 7.33. The van der Waals surface area contributed by atoms with Crippen LogP contribution >= 0.6 is 11.3 Å². The quantitative estimate of drug-likeness (QED) is 0.0108. The molecular formula is C54H50FN15O7S. The van der Waals surface area contributed by atoms with Crippen LogP contribution in [0.15, 0.2) is 118 Å². The van der Waals surface area contributed by atoms with Gasteiger partial charge in [0.05, 0.1) is 39.6 Å². The first-order chi connectivity index (χ1) is 38.0. The maximum absolute atomic E-state index is 14.1. The van der Waals surface area contributed by atoms with Gasteiger partial charge in [-0.2, -0.15) is 15.3 Å². The molecule has 3 aliphatic heterocycles. The number of amides is 2. The molecule has 0 unspecified atom stereocenters. The van der Waals surface area contributed by atoms with Gasteiger partial charge in [-0.05, 0) is 85.6 Å². The molecule has 8 aromatic rings. The molecule has 0 aliphatic carbocycles. The number of benzene rings is 4. The van der Waals surface area contributed by atoms with Gasteiger partial charge in [0.25, 0.3) is 5.91 Å². The summed E-state index contributed by atoms with van der Waals surface area (Å²) in [5.41, 5.74) is 3.40. The van der Waals surface area contributed by atoms with Crippen LogP contribution in [0, 0.1) is 5.82 Å². The Morgan fingerprint density at radius 3 is 2.45 bits per heavy atom. The summed E-state index contributed by atoms with van der Waals surface area (Å²) in [5, 5.41) is 46.2. The fourth-order valence-electron chi connectivity index (χ4n) is 9.44. The maximum atomic E-state index is 14.1. The lowest BCUT2D eigenvalue weighted by molar-refractivity contribution is -0.116. The highest BCUT2D eigenvalue weighted by Crippen LogP contribution is 2.57. The number of hydrogen-bond acceptors (Lipinski definition) is 20. The van der Waals surface area contributed by atoms with Crippen LogP contribution in [0.25, 0.3) is 21.4 Å². The second-order valence-electron chi connectivity index (χ2n) is 18.7. The van der Waals surface area contributed by atoms with E-state index in [4.69, 9.17) is 25.3 Å². The molecule has 9 N–H and O–H groups in total. The van der Waals surface area contributed by atoms with Crippen LogP contribution in [0.4, 0.5) is 15.9 Å². The standard InChI is InChI=1S/C54H50FN15O7S/c55-39-3-1-19-59-42(39)28-61-49-48-51(63-29-62-49)78-47(67-48)15-22-57-21-14-45-65-40-11-5-31(24-41(40)66-45)64-46(73)13-17-53(69-70-53)16-12-32(68-56)27-58-18-2-20-60-50(74)30-4-8-35-38(23-30)54(77-52(35)75)36-9-6-33(71)25-43(36)76-44-26-34(72)7-10-37(44)54/h1,3-11,19,23-27,29,57,71-72H,2,12-18,20-22,28,56H2,(H,60,74)(H,64,73)(H,65,66)(H,61,62,63). The molecule has 7 heterocycles. The summed E-state index contributed by atoms with van der Waals surface area (Å²) in [5.74, 6) is 5.86. The molecule has 0 saturated heterocycles. The van der Waals surface area contributed by atoms with E-state index >= 15 is 0 Å². The summed E-state index contributed by atoms with van der Waals surface area (Å²) in [6.07, 6.45) is 7.99. The number of anilines is 2. The Morgan fingerprint density at radius 2 is 1.67 bits per heavy atom. The fraction of sp³-hybridized carbons (Fsp3) is 0.259. The number of pyridine rings is 1. The smallest absolute Gasteiger partial charge is 0.340 e. The number of halogens is 1. The van der Waals surface area contributed by atoms with Gasteiger partial charge < -0.3 is 51.8 Å². The van der Waals surface area contributed by atoms with Crippen molar-refractivity contribution in [3.8, 4) is 23.0 Å². The zero-order valence-electron chi connectivity index (χ0n) is 41.6. The van der Waals surface area contributed by atoms with E-state index in [9.17, 15) is 29.0 Å². The number of thiazole rings is 1. The number of carbonyl (C=O) groups is 3. The van der Waals surface area contributed by atoms with E-state index in [0.29, 0.717) is 115 Å². The van der Waals surface area contributed by atoms with Gasteiger partial charge in [-0.25, -0.2) is 29.1 Å². The van der Waals surface area contributed by atoms with E-state index in [1.165, 1.54) is 48.0 Å². The molecule has 0 bridgehead atoms. The molecule has 3 aliphatic rings. The lowest BCUT2D eigenvalue weighted by Crippen LogP contribution is -2.33. The van der Waals surface area contributed by atoms with Crippen LogP contribution in [-0.4, -0.2) is 102 Å². The Labute approximate surface area is 447 Å². The number of rotatable bonds is 22. The number of fused-ring (bicyclic) bond motifs is 8. The number of ether oxygens (including phenoxy) is 2. The molecule has 4 aromatic carbocycles. The Bertz CT molecular complexity index is 3670. The molecule has 0 radical (unpaired) electrons. The molecule has 11 rings (SSSR count). The molecule has 22 nitrogen and oxygen atoms in total. The van der Waals surface area contributed by atoms with Crippen LogP contribution in [0.3, 0.4) is 0 Å². The second-order valence-corrected chi connectivity index (χ2v) is 19.8. The highest BCUT2D eigenvalue weighted by atomic mass is 32.1. The number of nitrogens with two attached hydrogens (primary N) is 1. The second kappa shape index (κ2) is 21.7. The number of nitrogens with one attached hydrogen (secondary N) is 5. The fourth-order valence-corrected chi connectivity index (χ4v) is 10.3. The summed E-state index contributed by atoms with van der Waals surface area (Å²) in [6, 6.07) is 22.1. The first-order valence-electron chi connectivity index (χ1n) is 25.1. The Morgan fingerprint density at radius 1 is 0.872 bits per heavy atom. The number of nitrogens with zero attached hydrogens (tertiary/aromatic N) is 9. The van der Waals surface area contributed by atoms with E-state index in [1.54, 1.807) is 48.8 Å². The lowest BCUT2D eigenvalue weighted by Gasteiger charge is -2.36. The number of H-pyrrole nitrogens is 1. The van der Waals surface area contributed by atoms with Crippen LogP contribution in [-0.2, 0) is 34.5 Å². The number of phenolic OH excluding ortho intramolecular Hbond substituents is 2. The van der Waals surface area contributed by atoms with E-state index in [-0.39, 0.29) is 59.2 Å². The average molecular weight is 1070 g/mol. The largest absolute Gasteiger partial charge is 0.508 e. The number of hydrazone groups is 1. The van der Waals surface area contributed by atoms with E-state index < -0.39 is 17.2 Å². The van der Waals surface area contributed by atoms with Crippen molar-refractivity contribution in [1.29, 1.82) is 0 Å². The topological polar surface area (TPSA) is 314 Å². The summed E-state index contributed by atoms with van der Waals surface area (Å²) < 4.78 is 26.2. The van der Waals surface area contributed by atoms with Crippen molar-refractivity contribution in [2.75, 3.05) is 36.8 Å². The predicted molar refractivity (Wildman–Crippen MR) is 288 cm³/mol. The van der Waals surface area contributed by atoms with E-state index in [0.717, 1.165) is 26.7 Å². The number of esters is 1. The van der Waals surface area contributed by atoms with Crippen molar-refractivity contribution < 1.29 is 38.5 Å². The van der Waals surface area contributed by atoms with Crippen LogP contribution < -0.4 is 31.8 Å². The zero-order chi connectivity index (χ0) is 53.8. The SMILES string of the molecule is NN=C(C=NCCCNC(=O)c1ccc2c(c1)C1(OC2=O)c2ccc(O)cc2Oc2cc(O)ccc21)CCC1(CCC(=O)Nc2ccc3nc(CCNCCc4nc5c(NCc6ncccc6F)ncnc5s4)[nH]c3c2)N=N1. The van der Waals surface area contributed by atoms with Crippen molar-refractivity contribution >= 4 is 73.9 Å². The molecule has 24 heteroatoms.